The van der Waals surface area contributed by atoms with E-state index in [0.29, 0.717) is 0 Å². The van der Waals surface area contributed by atoms with Gasteiger partial charge in [0.15, 0.2) is 0 Å². The second kappa shape index (κ2) is 15.3. The van der Waals surface area contributed by atoms with Crippen LogP contribution < -0.4 is 4.90 Å². The summed E-state index contributed by atoms with van der Waals surface area (Å²) in [6.07, 6.45) is 0. The molecule has 0 unspecified atom stereocenters. The number of nitrogens with zero attached hydrogens (tertiary/aromatic N) is 1. The Morgan fingerprint density at radius 2 is 0.767 bits per heavy atom. The topological polar surface area (TPSA) is 3.24 Å². The third-order valence-corrected chi connectivity index (χ3v) is 12.9. The van der Waals surface area contributed by atoms with Gasteiger partial charge in [0.05, 0.1) is 5.69 Å². The summed E-state index contributed by atoms with van der Waals surface area (Å²) in [5.74, 6) is 0. The minimum absolute atomic E-state index is 1.09. The van der Waals surface area contributed by atoms with E-state index in [1.165, 1.54) is 86.6 Å². The van der Waals surface area contributed by atoms with Crippen molar-refractivity contribution in [2.45, 2.75) is 0 Å². The van der Waals surface area contributed by atoms with Crippen LogP contribution in [0.25, 0.3) is 86.6 Å². The summed E-state index contributed by atoms with van der Waals surface area (Å²) in [4.78, 5) is 2.41. The monoisotopic (exact) mass is 781 g/mol. The van der Waals surface area contributed by atoms with Crippen molar-refractivity contribution in [3.8, 4) is 55.6 Å². The second-order valence-corrected chi connectivity index (χ2v) is 16.3. The molecule has 2 heteroatoms. The van der Waals surface area contributed by atoms with E-state index < -0.39 is 0 Å². The average molecular weight is 782 g/mol. The molecule has 0 aliphatic rings. The molecule has 0 atom stereocenters. The summed E-state index contributed by atoms with van der Waals surface area (Å²) in [5, 5.41) is 5.13. The van der Waals surface area contributed by atoms with Crippen LogP contribution in [0.1, 0.15) is 0 Å². The summed E-state index contributed by atoms with van der Waals surface area (Å²) < 4.78 is 2.64. The van der Waals surface area contributed by atoms with E-state index in [9.17, 15) is 0 Å². The highest BCUT2D eigenvalue weighted by Gasteiger charge is 2.19. The molecule has 0 radical (unpaired) electrons. The van der Waals surface area contributed by atoms with E-state index in [-0.39, 0.29) is 0 Å². The molecule has 1 aromatic heterocycles. The number of hydrogen-bond donors (Lipinski definition) is 0. The first kappa shape index (κ1) is 35.6. The molecule has 0 fully saturated rings. The number of benzene rings is 10. The van der Waals surface area contributed by atoms with Gasteiger partial charge in [-0.25, -0.2) is 0 Å². The molecule has 0 saturated carbocycles. The molecule has 11 rings (SSSR count). The largest absolute Gasteiger partial charge is 0.310 e. The molecule has 282 valence electrons. The fraction of sp³-hybridized carbons (Fsp3) is 0. The van der Waals surface area contributed by atoms with Crippen LogP contribution in [-0.2, 0) is 0 Å². The Hall–Kier alpha value is -7.52. The number of thiophene rings is 1. The number of hydrogen-bond acceptors (Lipinski definition) is 2. The summed E-state index contributed by atoms with van der Waals surface area (Å²) in [7, 11) is 0. The number of rotatable bonds is 8. The van der Waals surface area contributed by atoms with Gasteiger partial charge < -0.3 is 4.90 Å². The van der Waals surface area contributed by atoms with Gasteiger partial charge in [0.2, 0.25) is 0 Å². The fourth-order valence-electron chi connectivity index (χ4n) is 8.75. The predicted molar refractivity (Wildman–Crippen MR) is 259 cm³/mol. The molecule has 0 saturated heterocycles. The van der Waals surface area contributed by atoms with Crippen molar-refractivity contribution >= 4 is 59.3 Å². The molecule has 0 bridgehead atoms. The van der Waals surface area contributed by atoms with Gasteiger partial charge in [-0.05, 0) is 109 Å². The highest BCUT2D eigenvalue weighted by molar-refractivity contribution is 7.26. The second-order valence-electron chi connectivity index (χ2n) is 15.3. The maximum Gasteiger partial charge on any atom is 0.0540 e. The Kier molecular flexibility index (Phi) is 9.11. The van der Waals surface area contributed by atoms with Crippen LogP contribution in [0.2, 0.25) is 0 Å². The van der Waals surface area contributed by atoms with Crippen LogP contribution in [0.5, 0.6) is 0 Å². The van der Waals surface area contributed by atoms with E-state index in [1.54, 1.807) is 0 Å². The van der Waals surface area contributed by atoms with Gasteiger partial charge in [-0.1, -0.05) is 188 Å². The molecule has 0 N–H and O–H groups in total. The smallest absolute Gasteiger partial charge is 0.0540 e. The number of fused-ring (bicyclic) bond motifs is 4. The SMILES string of the molecule is c1ccc(-c2cccc(-c3ccc(N(c4ccc(-c5cccc6c5sc5ccccc56)cc4)c4ccccc4-c4cccc(-c5cccc6ccccc56)c4)cc3)c2)cc1. The number of para-hydroxylation sites is 1. The maximum absolute atomic E-state index is 2.41. The Morgan fingerprint density at radius 3 is 1.55 bits per heavy atom. The van der Waals surface area contributed by atoms with Crippen LogP contribution in [0.4, 0.5) is 17.1 Å². The normalized spacial score (nSPS) is 11.3. The van der Waals surface area contributed by atoms with Gasteiger partial charge in [0.25, 0.3) is 0 Å². The third kappa shape index (κ3) is 6.54. The molecule has 0 spiro atoms. The summed E-state index contributed by atoms with van der Waals surface area (Å²) in [6.45, 7) is 0. The fourth-order valence-corrected chi connectivity index (χ4v) is 9.99. The quantitative estimate of drug-likeness (QED) is 0.148. The van der Waals surface area contributed by atoms with E-state index in [1.807, 2.05) is 11.3 Å². The van der Waals surface area contributed by atoms with Gasteiger partial charge in [-0.15, -0.1) is 11.3 Å². The molecular weight excluding hydrogens is 743 g/mol. The highest BCUT2D eigenvalue weighted by Crippen LogP contribution is 2.44. The van der Waals surface area contributed by atoms with Gasteiger partial charge in [0, 0.05) is 37.1 Å². The van der Waals surface area contributed by atoms with Gasteiger partial charge in [-0.2, -0.15) is 0 Å². The highest BCUT2D eigenvalue weighted by atomic mass is 32.1. The first-order chi connectivity index (χ1) is 29.7. The zero-order valence-corrected chi connectivity index (χ0v) is 33.7. The lowest BCUT2D eigenvalue weighted by Gasteiger charge is -2.28. The Labute approximate surface area is 354 Å². The zero-order valence-electron chi connectivity index (χ0n) is 32.9. The first-order valence-electron chi connectivity index (χ1n) is 20.5. The average Bonchev–Trinajstić information content (AvgIpc) is 3.72. The van der Waals surface area contributed by atoms with Crippen LogP contribution in [0.15, 0.2) is 237 Å². The zero-order chi connectivity index (χ0) is 39.8. The molecule has 1 heterocycles. The number of anilines is 3. The molecule has 11 aromatic rings. The molecule has 60 heavy (non-hydrogen) atoms. The van der Waals surface area contributed by atoms with Crippen LogP contribution in [0, 0.1) is 0 Å². The summed E-state index contributed by atoms with van der Waals surface area (Å²) in [5.41, 5.74) is 15.4. The van der Waals surface area contributed by atoms with Crippen LogP contribution >= 0.6 is 11.3 Å². The third-order valence-electron chi connectivity index (χ3n) is 11.7. The molecule has 0 aliphatic carbocycles. The van der Waals surface area contributed by atoms with Crippen LogP contribution in [0.3, 0.4) is 0 Å². The molecule has 10 aromatic carbocycles. The van der Waals surface area contributed by atoms with Gasteiger partial charge in [0.1, 0.15) is 0 Å². The van der Waals surface area contributed by atoms with E-state index in [4.69, 9.17) is 0 Å². The standard InChI is InChI=1S/C58H39NS/c1-2-14-40(15-3-1)44-18-10-19-45(38-44)41-30-34-48(35-31-41)59(49-36-32-43(33-37-49)53-26-13-27-55-54-24-7-9-29-57(54)60-58(53)55)56-28-8-6-23-52(56)47-21-11-20-46(39-47)51-25-12-17-42-16-4-5-22-50(42)51/h1-39H. The van der Waals surface area contributed by atoms with Crippen LogP contribution in [-0.4, -0.2) is 0 Å². The van der Waals surface area contributed by atoms with Crippen molar-refractivity contribution in [2.24, 2.45) is 0 Å². The summed E-state index contributed by atoms with van der Waals surface area (Å²) >= 11 is 1.88. The van der Waals surface area contributed by atoms with Crippen molar-refractivity contribution in [2.75, 3.05) is 4.90 Å². The van der Waals surface area contributed by atoms with Crippen molar-refractivity contribution in [1.29, 1.82) is 0 Å². The first-order valence-corrected chi connectivity index (χ1v) is 21.3. The predicted octanol–water partition coefficient (Wildman–Crippen LogP) is 17.0. The lowest BCUT2D eigenvalue weighted by atomic mass is 9.94. The Morgan fingerprint density at radius 1 is 0.283 bits per heavy atom. The maximum atomic E-state index is 2.41. The van der Waals surface area contributed by atoms with Crippen molar-refractivity contribution in [1.82, 2.24) is 0 Å². The van der Waals surface area contributed by atoms with E-state index in [0.717, 1.165) is 17.1 Å². The van der Waals surface area contributed by atoms with Crippen molar-refractivity contribution < 1.29 is 0 Å². The Balaban J connectivity index is 1.03. The minimum atomic E-state index is 1.09. The van der Waals surface area contributed by atoms with Crippen molar-refractivity contribution in [3.63, 3.8) is 0 Å². The van der Waals surface area contributed by atoms with Gasteiger partial charge >= 0.3 is 0 Å². The molecule has 0 aliphatic heterocycles. The molecule has 1 nitrogen and oxygen atoms in total. The Bertz CT molecular complexity index is 3300. The van der Waals surface area contributed by atoms with E-state index >= 15 is 0 Å². The summed E-state index contributed by atoms with van der Waals surface area (Å²) in [6, 6.07) is 86.1. The van der Waals surface area contributed by atoms with Crippen molar-refractivity contribution in [3.05, 3.63) is 237 Å². The minimum Gasteiger partial charge on any atom is -0.310 e. The van der Waals surface area contributed by atoms with E-state index in [2.05, 4.69) is 241 Å². The van der Waals surface area contributed by atoms with Gasteiger partial charge in [-0.3, -0.25) is 0 Å². The lowest BCUT2D eigenvalue weighted by molar-refractivity contribution is 1.28. The molecular formula is C58H39NS. The lowest BCUT2D eigenvalue weighted by Crippen LogP contribution is -2.11. The molecule has 0 amide bonds.